The Hall–Kier alpha value is -5.08. The molecule has 0 amide bonds. The van der Waals surface area contributed by atoms with E-state index in [4.69, 9.17) is 0 Å². The fourth-order valence-electron chi connectivity index (χ4n) is 8.50. The van der Waals surface area contributed by atoms with Crippen LogP contribution >= 0.6 is 0 Å². The van der Waals surface area contributed by atoms with Crippen LogP contribution in [-0.4, -0.2) is 9.55 Å². The molecule has 9 rings (SSSR count). The van der Waals surface area contributed by atoms with Crippen LogP contribution in [0.5, 0.6) is 0 Å². The van der Waals surface area contributed by atoms with Crippen LogP contribution in [0.4, 0.5) is 0 Å². The normalized spacial score (nSPS) is 16.4. The highest BCUT2D eigenvalue weighted by molar-refractivity contribution is 6.12. The predicted octanol–water partition coefficient (Wildman–Crippen LogP) is 12.3. The van der Waals surface area contributed by atoms with E-state index in [1.165, 1.54) is 82.7 Å². The summed E-state index contributed by atoms with van der Waals surface area (Å²) < 4.78 is 2.41. The second kappa shape index (κ2) is 9.48. The maximum atomic E-state index is 3.77. The lowest BCUT2D eigenvalue weighted by Gasteiger charge is -2.44. The van der Waals surface area contributed by atoms with E-state index in [0.29, 0.717) is 0 Å². The largest absolute Gasteiger partial charge is 0.355 e. The molecule has 0 unspecified atom stereocenters. The number of para-hydroxylation sites is 1. The highest BCUT2D eigenvalue weighted by Gasteiger charge is 2.56. The Morgan fingerprint density at radius 2 is 1.02 bits per heavy atom. The Morgan fingerprint density at radius 1 is 0.426 bits per heavy atom. The summed E-state index contributed by atoms with van der Waals surface area (Å²) in [5.41, 5.74) is 14.2. The Balaban J connectivity index is 1.20. The second-order valence-corrected chi connectivity index (χ2v) is 15.2. The number of aromatic amines is 1. The van der Waals surface area contributed by atoms with Gasteiger partial charge in [0.1, 0.15) is 0 Å². The van der Waals surface area contributed by atoms with Gasteiger partial charge in [-0.15, -0.1) is 0 Å². The molecule has 2 heteroatoms. The van der Waals surface area contributed by atoms with Gasteiger partial charge in [-0.3, -0.25) is 0 Å². The average Bonchev–Trinajstić information content (AvgIpc) is 3.65. The molecule has 0 radical (unpaired) electrons. The lowest BCUT2D eigenvalue weighted by molar-refractivity contribution is 0.125. The summed E-state index contributed by atoms with van der Waals surface area (Å²) in [5, 5.41) is 5.15. The molecule has 2 nitrogen and oxygen atoms in total. The number of nitrogens with zero attached hydrogens (tertiary/aromatic N) is 1. The van der Waals surface area contributed by atoms with Gasteiger partial charge in [-0.1, -0.05) is 114 Å². The van der Waals surface area contributed by atoms with Gasteiger partial charge in [0.05, 0.1) is 11.0 Å². The molecular weight excluding hydrogens is 569 g/mol. The van der Waals surface area contributed by atoms with Crippen molar-refractivity contribution in [1.82, 2.24) is 9.55 Å². The molecular formula is C45H40N2. The van der Waals surface area contributed by atoms with E-state index in [0.717, 1.165) is 0 Å². The molecule has 0 aliphatic heterocycles. The van der Waals surface area contributed by atoms with E-state index < -0.39 is 0 Å². The average molecular weight is 609 g/mol. The Bertz CT molecular complexity index is 2540. The zero-order valence-electron chi connectivity index (χ0n) is 28.1. The number of H-pyrrole nitrogens is 1. The number of fused-ring (bicyclic) bond motifs is 7. The van der Waals surface area contributed by atoms with Crippen molar-refractivity contribution in [2.75, 3.05) is 0 Å². The molecule has 2 heterocycles. The summed E-state index contributed by atoms with van der Waals surface area (Å²) in [6, 6.07) is 47.2. The van der Waals surface area contributed by atoms with Crippen LogP contribution in [-0.2, 0) is 10.8 Å². The number of hydrogen-bond acceptors (Lipinski definition) is 0. The van der Waals surface area contributed by atoms with Crippen LogP contribution in [0.25, 0.3) is 71.6 Å². The molecule has 2 aromatic heterocycles. The molecule has 230 valence electrons. The minimum Gasteiger partial charge on any atom is -0.355 e. The van der Waals surface area contributed by atoms with E-state index in [9.17, 15) is 0 Å². The summed E-state index contributed by atoms with van der Waals surface area (Å²) in [7, 11) is 0. The van der Waals surface area contributed by atoms with Crippen LogP contribution in [0.1, 0.15) is 52.7 Å². The Labute approximate surface area is 276 Å². The predicted molar refractivity (Wildman–Crippen MR) is 201 cm³/mol. The van der Waals surface area contributed by atoms with Gasteiger partial charge in [-0.05, 0) is 104 Å². The number of benzene rings is 6. The van der Waals surface area contributed by atoms with E-state index in [1.54, 1.807) is 0 Å². The minimum absolute atomic E-state index is 0.0705. The zero-order chi connectivity index (χ0) is 32.3. The van der Waals surface area contributed by atoms with Crippen LogP contribution in [0.2, 0.25) is 0 Å². The van der Waals surface area contributed by atoms with Crippen LogP contribution in [0.15, 0.2) is 127 Å². The smallest absolute Gasteiger partial charge is 0.0541 e. The summed E-state index contributed by atoms with van der Waals surface area (Å²) in [4.78, 5) is 3.77. The first-order valence-corrected chi connectivity index (χ1v) is 16.9. The molecule has 1 aliphatic carbocycles. The van der Waals surface area contributed by atoms with Crippen LogP contribution < -0.4 is 0 Å². The standard InChI is InChI=1S/C45H40N2/c1-43(2)37-26-35-34-24-30(19-21-39(34)46-40(35)27-38(37)44(3,4)45(43,5)6)31-20-22-42-36(25-31)33-17-10-11-18-41(33)47(42)32-16-12-15-29(23-32)28-13-8-7-9-14-28/h7-27,46H,1-6H3. The number of rotatable bonds is 3. The van der Waals surface area contributed by atoms with Crippen LogP contribution in [0, 0.1) is 5.41 Å². The molecule has 0 spiro atoms. The van der Waals surface area contributed by atoms with E-state index in [-0.39, 0.29) is 16.2 Å². The third-order valence-corrected chi connectivity index (χ3v) is 12.4. The van der Waals surface area contributed by atoms with Crippen molar-refractivity contribution in [3.8, 4) is 27.9 Å². The van der Waals surface area contributed by atoms with Crippen molar-refractivity contribution in [2.24, 2.45) is 5.41 Å². The number of aromatic nitrogens is 2. The number of hydrogen-bond donors (Lipinski definition) is 1. The van der Waals surface area contributed by atoms with Crippen molar-refractivity contribution >= 4 is 43.6 Å². The topological polar surface area (TPSA) is 20.7 Å². The first-order chi connectivity index (χ1) is 22.6. The number of nitrogens with one attached hydrogen (secondary N) is 1. The first-order valence-electron chi connectivity index (χ1n) is 16.9. The van der Waals surface area contributed by atoms with Crippen molar-refractivity contribution in [3.05, 3.63) is 139 Å². The molecule has 0 saturated heterocycles. The molecule has 0 atom stereocenters. The SMILES string of the molecule is CC1(C)c2cc3[nH]c4ccc(-c5ccc6c(c5)c5ccccc5n6-c5cccc(-c6ccccc6)c5)cc4c3cc2C(C)(C)C1(C)C. The molecule has 47 heavy (non-hydrogen) atoms. The van der Waals surface area contributed by atoms with Gasteiger partial charge in [0.2, 0.25) is 0 Å². The zero-order valence-corrected chi connectivity index (χ0v) is 28.1. The van der Waals surface area contributed by atoms with Gasteiger partial charge in [0.15, 0.2) is 0 Å². The van der Waals surface area contributed by atoms with Crippen molar-refractivity contribution in [2.45, 2.75) is 52.4 Å². The quantitative estimate of drug-likeness (QED) is 0.206. The lowest BCUT2D eigenvalue weighted by Crippen LogP contribution is -2.42. The van der Waals surface area contributed by atoms with Crippen LogP contribution in [0.3, 0.4) is 0 Å². The molecule has 1 N–H and O–H groups in total. The van der Waals surface area contributed by atoms with Gasteiger partial charge in [-0.2, -0.15) is 0 Å². The van der Waals surface area contributed by atoms with Gasteiger partial charge in [0.25, 0.3) is 0 Å². The first kappa shape index (κ1) is 28.2. The van der Waals surface area contributed by atoms with E-state index in [2.05, 4.69) is 178 Å². The monoisotopic (exact) mass is 608 g/mol. The molecule has 0 bridgehead atoms. The Kier molecular flexibility index (Phi) is 5.68. The Morgan fingerprint density at radius 3 is 1.81 bits per heavy atom. The summed E-state index contributed by atoms with van der Waals surface area (Å²) in [6.07, 6.45) is 0. The van der Waals surface area contributed by atoms with Gasteiger partial charge in [0, 0.05) is 38.3 Å². The minimum atomic E-state index is 0.0705. The lowest BCUT2D eigenvalue weighted by atomic mass is 9.59. The van der Waals surface area contributed by atoms with Crippen molar-refractivity contribution in [3.63, 3.8) is 0 Å². The maximum Gasteiger partial charge on any atom is 0.0541 e. The van der Waals surface area contributed by atoms with Crippen molar-refractivity contribution in [1.29, 1.82) is 0 Å². The molecule has 0 fully saturated rings. The third-order valence-electron chi connectivity index (χ3n) is 12.4. The van der Waals surface area contributed by atoms with Crippen molar-refractivity contribution < 1.29 is 0 Å². The van der Waals surface area contributed by atoms with E-state index >= 15 is 0 Å². The highest BCUT2D eigenvalue weighted by atomic mass is 15.0. The fraction of sp³-hybridized carbons (Fsp3) is 0.200. The highest BCUT2D eigenvalue weighted by Crippen LogP contribution is 2.62. The molecule has 8 aromatic rings. The third kappa shape index (κ3) is 3.79. The molecule has 6 aromatic carbocycles. The second-order valence-electron chi connectivity index (χ2n) is 15.2. The fourth-order valence-corrected chi connectivity index (χ4v) is 8.50. The summed E-state index contributed by atoms with van der Waals surface area (Å²) >= 11 is 0. The summed E-state index contributed by atoms with van der Waals surface area (Å²) in [5.74, 6) is 0. The molecule has 0 saturated carbocycles. The van der Waals surface area contributed by atoms with E-state index in [1.807, 2.05) is 0 Å². The maximum absolute atomic E-state index is 3.77. The van der Waals surface area contributed by atoms with Gasteiger partial charge < -0.3 is 9.55 Å². The van der Waals surface area contributed by atoms with Gasteiger partial charge in [-0.25, -0.2) is 0 Å². The van der Waals surface area contributed by atoms with Gasteiger partial charge >= 0.3 is 0 Å². The molecule has 1 aliphatic rings. The summed E-state index contributed by atoms with van der Waals surface area (Å²) in [6.45, 7) is 14.6.